The third-order valence-electron chi connectivity index (χ3n) is 2.44. The molecule has 0 unspecified atom stereocenters. The molecule has 94 valence electrons. The van der Waals surface area contributed by atoms with Crippen LogP contribution in [-0.2, 0) is 6.54 Å². The first-order chi connectivity index (χ1) is 8.56. The van der Waals surface area contributed by atoms with E-state index in [0.717, 1.165) is 24.7 Å². The minimum Gasteiger partial charge on any atom is -0.508 e. The molecule has 0 spiro atoms. The van der Waals surface area contributed by atoms with Crippen LogP contribution in [0.5, 0.6) is 5.75 Å². The van der Waals surface area contributed by atoms with Crippen molar-refractivity contribution in [1.29, 1.82) is 0 Å². The average molecular weight is 436 g/mol. The molecule has 0 atom stereocenters. The van der Waals surface area contributed by atoms with Crippen LogP contribution < -0.4 is 5.32 Å². The van der Waals surface area contributed by atoms with E-state index in [1.165, 1.54) is 0 Å². The van der Waals surface area contributed by atoms with E-state index >= 15 is 0 Å². The van der Waals surface area contributed by atoms with Gasteiger partial charge in [-0.25, -0.2) is 0 Å². The Morgan fingerprint density at radius 1 is 0.944 bits per heavy atom. The van der Waals surface area contributed by atoms with Crippen LogP contribution in [0.2, 0.25) is 0 Å². The number of nitrogens with one attached hydrogen (secondary N) is 1. The van der Waals surface area contributed by atoms with E-state index in [0.29, 0.717) is 12.3 Å². The lowest BCUT2D eigenvalue weighted by Crippen LogP contribution is -2.00. The van der Waals surface area contributed by atoms with E-state index in [9.17, 15) is 5.11 Å². The largest absolute Gasteiger partial charge is 0.508 e. The zero-order valence-electron chi connectivity index (χ0n) is 9.25. The van der Waals surface area contributed by atoms with Gasteiger partial charge in [-0.2, -0.15) is 0 Å². The molecule has 0 saturated carbocycles. The predicted molar refractivity (Wildman–Crippen MR) is 85.0 cm³/mol. The Morgan fingerprint density at radius 3 is 2.33 bits per heavy atom. The van der Waals surface area contributed by atoms with E-state index in [1.807, 2.05) is 30.3 Å². The topological polar surface area (TPSA) is 32.3 Å². The van der Waals surface area contributed by atoms with Gasteiger partial charge in [-0.15, -0.1) is 0 Å². The van der Waals surface area contributed by atoms with Crippen LogP contribution in [0.25, 0.3) is 0 Å². The van der Waals surface area contributed by atoms with Gasteiger partial charge < -0.3 is 10.4 Å². The van der Waals surface area contributed by atoms with Crippen LogP contribution in [0.1, 0.15) is 5.56 Å². The Hall–Kier alpha value is -0.520. The third-order valence-corrected chi connectivity index (χ3v) is 4.08. The highest BCUT2D eigenvalue weighted by Gasteiger charge is 2.04. The first kappa shape index (κ1) is 13.9. The van der Waals surface area contributed by atoms with Crippen molar-refractivity contribution in [3.8, 4) is 5.75 Å². The van der Waals surface area contributed by atoms with E-state index in [1.54, 1.807) is 6.07 Å². The molecule has 2 aromatic rings. The summed E-state index contributed by atoms with van der Waals surface area (Å²) in [7, 11) is 0. The van der Waals surface area contributed by atoms with Crippen LogP contribution >= 0.6 is 47.8 Å². The fourth-order valence-electron chi connectivity index (χ4n) is 1.52. The molecule has 0 bridgehead atoms. The number of anilines is 1. The van der Waals surface area contributed by atoms with Crippen molar-refractivity contribution in [3.05, 3.63) is 55.4 Å². The number of hydrogen-bond donors (Lipinski definition) is 2. The summed E-state index contributed by atoms with van der Waals surface area (Å²) in [5.41, 5.74) is 1.83. The highest BCUT2D eigenvalue weighted by molar-refractivity contribution is 9.11. The Kier molecular flexibility index (Phi) is 4.70. The molecule has 0 aromatic heterocycles. The molecule has 0 amide bonds. The Bertz CT molecular complexity index is 572. The molecule has 0 aliphatic heterocycles. The highest BCUT2D eigenvalue weighted by atomic mass is 79.9. The van der Waals surface area contributed by atoms with Crippen molar-refractivity contribution in [2.24, 2.45) is 0 Å². The molecule has 0 fully saturated rings. The summed E-state index contributed by atoms with van der Waals surface area (Å²) in [6.45, 7) is 0.561. The Balaban J connectivity index is 2.13. The van der Waals surface area contributed by atoms with E-state index < -0.39 is 0 Å². The highest BCUT2D eigenvalue weighted by Crippen LogP contribution is 2.28. The molecule has 0 aliphatic carbocycles. The number of aromatic hydroxyl groups is 1. The van der Waals surface area contributed by atoms with E-state index in [4.69, 9.17) is 0 Å². The first-order valence-electron chi connectivity index (χ1n) is 5.22. The lowest BCUT2D eigenvalue weighted by atomic mass is 10.2. The van der Waals surface area contributed by atoms with Crippen LogP contribution in [0, 0.1) is 0 Å². The van der Waals surface area contributed by atoms with Crippen molar-refractivity contribution in [2.45, 2.75) is 6.54 Å². The maximum Gasteiger partial charge on any atom is 0.120 e. The summed E-state index contributed by atoms with van der Waals surface area (Å²) in [4.78, 5) is 0. The normalized spacial score (nSPS) is 10.4. The predicted octanol–water partition coefficient (Wildman–Crippen LogP) is 5.29. The summed E-state index contributed by atoms with van der Waals surface area (Å²) < 4.78 is 2.95. The number of halogens is 3. The number of phenolic OH excluding ortho intramolecular Hbond substituents is 1. The molecule has 0 aliphatic rings. The fraction of sp³-hybridized carbons (Fsp3) is 0.0769. The van der Waals surface area contributed by atoms with Crippen molar-refractivity contribution in [3.63, 3.8) is 0 Å². The van der Waals surface area contributed by atoms with Crippen molar-refractivity contribution >= 4 is 53.5 Å². The van der Waals surface area contributed by atoms with Gasteiger partial charge in [0, 0.05) is 31.2 Å². The van der Waals surface area contributed by atoms with Gasteiger partial charge in [0.15, 0.2) is 0 Å². The summed E-state index contributed by atoms with van der Waals surface area (Å²) >= 11 is 10.3. The smallest absolute Gasteiger partial charge is 0.120 e. The summed E-state index contributed by atoms with van der Waals surface area (Å²) in [6.07, 6.45) is 0. The van der Waals surface area contributed by atoms with Gasteiger partial charge in [0.05, 0.1) is 0 Å². The Morgan fingerprint density at radius 2 is 1.61 bits per heavy atom. The van der Waals surface area contributed by atoms with E-state index in [-0.39, 0.29) is 0 Å². The van der Waals surface area contributed by atoms with Gasteiger partial charge in [0.25, 0.3) is 0 Å². The third kappa shape index (κ3) is 3.49. The summed E-state index contributed by atoms with van der Waals surface area (Å²) in [6, 6.07) is 11.3. The molecule has 2 nitrogen and oxygen atoms in total. The van der Waals surface area contributed by atoms with Crippen LogP contribution in [0.3, 0.4) is 0 Å². The second-order valence-corrected chi connectivity index (χ2v) is 6.44. The standard InChI is InChI=1S/C13H10Br3NO/c14-9-2-4-13(18)8(5-9)7-17-12-3-1-10(15)6-11(12)16/h1-6,17-18H,7H2. The molecular formula is C13H10Br3NO. The number of hydrogen-bond acceptors (Lipinski definition) is 2. The quantitative estimate of drug-likeness (QED) is 0.686. The van der Waals surface area contributed by atoms with Crippen molar-refractivity contribution < 1.29 is 5.11 Å². The lowest BCUT2D eigenvalue weighted by molar-refractivity contribution is 0.469. The zero-order valence-corrected chi connectivity index (χ0v) is 14.0. The second kappa shape index (κ2) is 6.08. The zero-order chi connectivity index (χ0) is 13.1. The number of benzene rings is 2. The van der Waals surface area contributed by atoms with Crippen molar-refractivity contribution in [2.75, 3.05) is 5.32 Å². The molecule has 0 heterocycles. The maximum absolute atomic E-state index is 9.75. The summed E-state index contributed by atoms with van der Waals surface area (Å²) in [5, 5.41) is 13.0. The molecule has 2 aromatic carbocycles. The molecule has 0 saturated heterocycles. The molecule has 0 radical (unpaired) electrons. The van der Waals surface area contributed by atoms with Gasteiger partial charge in [0.2, 0.25) is 0 Å². The lowest BCUT2D eigenvalue weighted by Gasteiger charge is -2.10. The van der Waals surface area contributed by atoms with Crippen LogP contribution in [-0.4, -0.2) is 5.11 Å². The maximum atomic E-state index is 9.75. The molecule has 18 heavy (non-hydrogen) atoms. The molecule has 2 N–H and O–H groups in total. The average Bonchev–Trinajstić information content (AvgIpc) is 2.32. The second-order valence-electron chi connectivity index (χ2n) is 3.75. The Labute approximate surface area is 131 Å². The van der Waals surface area contributed by atoms with Crippen LogP contribution in [0.4, 0.5) is 5.69 Å². The van der Waals surface area contributed by atoms with Crippen molar-refractivity contribution in [1.82, 2.24) is 0 Å². The van der Waals surface area contributed by atoms with E-state index in [2.05, 4.69) is 53.1 Å². The molecule has 2 rings (SSSR count). The van der Waals surface area contributed by atoms with Gasteiger partial charge in [-0.05, 0) is 52.3 Å². The van der Waals surface area contributed by atoms with Crippen LogP contribution in [0.15, 0.2) is 49.8 Å². The van der Waals surface area contributed by atoms with Gasteiger partial charge in [-0.1, -0.05) is 31.9 Å². The molecular weight excluding hydrogens is 426 g/mol. The SMILES string of the molecule is Oc1ccc(Br)cc1CNc1ccc(Br)cc1Br. The number of rotatable bonds is 3. The minimum absolute atomic E-state index is 0.291. The van der Waals surface area contributed by atoms with Gasteiger partial charge in [0.1, 0.15) is 5.75 Å². The molecule has 5 heteroatoms. The number of phenols is 1. The van der Waals surface area contributed by atoms with Gasteiger partial charge in [-0.3, -0.25) is 0 Å². The first-order valence-corrected chi connectivity index (χ1v) is 7.60. The monoisotopic (exact) mass is 433 g/mol. The minimum atomic E-state index is 0.291. The fourth-order valence-corrected chi connectivity index (χ4v) is 3.11. The summed E-state index contributed by atoms with van der Waals surface area (Å²) in [5.74, 6) is 0.291. The van der Waals surface area contributed by atoms with Gasteiger partial charge >= 0.3 is 0 Å².